The van der Waals surface area contributed by atoms with Crippen LogP contribution in [0.5, 0.6) is 0 Å². The van der Waals surface area contributed by atoms with E-state index < -0.39 is 0 Å². The van der Waals surface area contributed by atoms with Crippen LogP contribution >= 0.6 is 0 Å². The average molecular weight is 204 g/mol. The fourth-order valence-electron chi connectivity index (χ4n) is 1.19. The maximum Gasteiger partial charge on any atom is 0.206 e. The van der Waals surface area contributed by atoms with Crippen LogP contribution in [0.15, 0.2) is 29.4 Å². The van der Waals surface area contributed by atoms with Crippen molar-refractivity contribution in [2.45, 2.75) is 20.3 Å². The number of hydrogen-bond acceptors (Lipinski definition) is 2. The first-order valence-corrected chi connectivity index (χ1v) is 4.87. The Hall–Kier alpha value is -1.84. The summed E-state index contributed by atoms with van der Waals surface area (Å²) in [5.41, 5.74) is 10.7. The third-order valence-corrected chi connectivity index (χ3v) is 2.12. The van der Waals surface area contributed by atoms with Gasteiger partial charge in [-0.25, -0.2) is 5.43 Å². The quantitative estimate of drug-likeness (QED) is 0.396. The number of nitrogens with two attached hydrogens (primary N) is 1. The van der Waals surface area contributed by atoms with Crippen LogP contribution < -0.4 is 11.2 Å². The Kier molecular flexibility index (Phi) is 3.85. The first-order chi connectivity index (χ1) is 7.13. The molecular formula is C11H16N4. The summed E-state index contributed by atoms with van der Waals surface area (Å²) in [6.45, 7) is 3.99. The minimum atomic E-state index is -0.153. The molecule has 0 unspecified atom stereocenters. The molecule has 4 N–H and O–H groups in total. The number of nitrogens with one attached hydrogen (secondary N) is 2. The molecule has 0 amide bonds. The molecule has 0 aromatic heterocycles. The first kappa shape index (κ1) is 11.2. The van der Waals surface area contributed by atoms with Crippen LogP contribution in [-0.4, -0.2) is 11.7 Å². The van der Waals surface area contributed by atoms with Crippen molar-refractivity contribution in [3.63, 3.8) is 0 Å². The Morgan fingerprint density at radius 2 is 2.00 bits per heavy atom. The fourth-order valence-corrected chi connectivity index (χ4v) is 1.19. The number of benzene rings is 1. The van der Waals surface area contributed by atoms with Crippen LogP contribution in [0.25, 0.3) is 0 Å². The zero-order valence-corrected chi connectivity index (χ0v) is 9.04. The molecule has 0 atom stereocenters. The highest BCUT2D eigenvalue weighted by atomic mass is 15.3. The lowest BCUT2D eigenvalue weighted by Gasteiger charge is -2.03. The van der Waals surface area contributed by atoms with Gasteiger partial charge in [0.05, 0.1) is 5.71 Å². The van der Waals surface area contributed by atoms with Crippen molar-refractivity contribution in [3.8, 4) is 0 Å². The van der Waals surface area contributed by atoms with Gasteiger partial charge in [-0.2, -0.15) is 5.10 Å². The summed E-state index contributed by atoms with van der Waals surface area (Å²) in [5.74, 6) is -0.153. The molecule has 0 bridgehead atoms. The molecule has 0 aliphatic heterocycles. The van der Waals surface area contributed by atoms with Crippen LogP contribution in [0.2, 0.25) is 0 Å². The number of hydrogen-bond donors (Lipinski definition) is 3. The van der Waals surface area contributed by atoms with E-state index in [1.807, 2.05) is 19.1 Å². The zero-order valence-electron chi connectivity index (χ0n) is 9.04. The predicted octanol–water partition coefficient (Wildman–Crippen LogP) is 1.46. The van der Waals surface area contributed by atoms with Gasteiger partial charge in [0.2, 0.25) is 5.96 Å². The van der Waals surface area contributed by atoms with Gasteiger partial charge in [-0.05, 0) is 24.5 Å². The SMILES string of the molecule is CCc1ccc(C(C)=NNC(=N)N)cc1. The molecule has 1 aromatic rings. The molecule has 0 saturated carbocycles. The van der Waals surface area contributed by atoms with Gasteiger partial charge in [0.1, 0.15) is 0 Å². The second kappa shape index (κ2) is 5.14. The first-order valence-electron chi connectivity index (χ1n) is 4.87. The van der Waals surface area contributed by atoms with E-state index in [0.717, 1.165) is 17.7 Å². The van der Waals surface area contributed by atoms with Crippen LogP contribution in [0.3, 0.4) is 0 Å². The average Bonchev–Trinajstić information content (AvgIpc) is 2.26. The largest absolute Gasteiger partial charge is 0.369 e. The topological polar surface area (TPSA) is 74.3 Å². The second-order valence-corrected chi connectivity index (χ2v) is 3.27. The third kappa shape index (κ3) is 3.42. The number of nitrogens with zero attached hydrogens (tertiary/aromatic N) is 1. The number of aryl methyl sites for hydroxylation is 1. The van der Waals surface area contributed by atoms with Crippen molar-refractivity contribution in [1.82, 2.24) is 5.43 Å². The highest BCUT2D eigenvalue weighted by Crippen LogP contribution is 2.05. The lowest BCUT2D eigenvalue weighted by Crippen LogP contribution is -2.26. The van der Waals surface area contributed by atoms with E-state index in [1.165, 1.54) is 5.56 Å². The van der Waals surface area contributed by atoms with Crippen molar-refractivity contribution in [1.29, 1.82) is 5.41 Å². The predicted molar refractivity (Wildman–Crippen MR) is 63.1 cm³/mol. The van der Waals surface area contributed by atoms with E-state index >= 15 is 0 Å². The van der Waals surface area contributed by atoms with E-state index in [1.54, 1.807) is 0 Å². The van der Waals surface area contributed by atoms with Crippen LogP contribution in [0.4, 0.5) is 0 Å². The highest BCUT2D eigenvalue weighted by molar-refractivity contribution is 5.99. The van der Waals surface area contributed by atoms with Crippen molar-refractivity contribution in [2.24, 2.45) is 10.8 Å². The molecule has 0 aliphatic rings. The lowest BCUT2D eigenvalue weighted by atomic mass is 10.1. The van der Waals surface area contributed by atoms with Gasteiger partial charge in [-0.15, -0.1) is 0 Å². The van der Waals surface area contributed by atoms with Crippen LogP contribution in [-0.2, 0) is 6.42 Å². The second-order valence-electron chi connectivity index (χ2n) is 3.27. The summed E-state index contributed by atoms with van der Waals surface area (Å²) < 4.78 is 0. The van der Waals surface area contributed by atoms with Crippen molar-refractivity contribution < 1.29 is 0 Å². The van der Waals surface area contributed by atoms with Crippen molar-refractivity contribution in [3.05, 3.63) is 35.4 Å². The Labute approximate surface area is 89.7 Å². The van der Waals surface area contributed by atoms with E-state index in [4.69, 9.17) is 11.1 Å². The summed E-state index contributed by atoms with van der Waals surface area (Å²) in [7, 11) is 0. The maximum atomic E-state index is 6.97. The molecule has 0 radical (unpaired) electrons. The van der Waals surface area contributed by atoms with E-state index in [9.17, 15) is 0 Å². The molecule has 0 aliphatic carbocycles. The molecule has 1 aromatic carbocycles. The van der Waals surface area contributed by atoms with Gasteiger partial charge >= 0.3 is 0 Å². The standard InChI is InChI=1S/C11H16N4/c1-3-9-4-6-10(7-5-9)8(2)14-15-11(12)13/h4-7H,3H2,1-2H3,(H4,12,13,15). The third-order valence-electron chi connectivity index (χ3n) is 2.12. The van der Waals surface area contributed by atoms with Crippen molar-refractivity contribution >= 4 is 11.7 Å². The van der Waals surface area contributed by atoms with E-state index in [-0.39, 0.29) is 5.96 Å². The molecule has 0 spiro atoms. The molecule has 0 heterocycles. The Balaban J connectivity index is 2.77. The van der Waals surface area contributed by atoms with E-state index in [0.29, 0.717) is 0 Å². The van der Waals surface area contributed by atoms with Gasteiger partial charge in [0, 0.05) is 0 Å². The van der Waals surface area contributed by atoms with E-state index in [2.05, 4.69) is 29.6 Å². The summed E-state index contributed by atoms with van der Waals surface area (Å²) in [6, 6.07) is 8.17. The molecule has 0 saturated heterocycles. The minimum Gasteiger partial charge on any atom is -0.369 e. The smallest absolute Gasteiger partial charge is 0.206 e. The Morgan fingerprint density at radius 1 is 1.40 bits per heavy atom. The van der Waals surface area contributed by atoms with Gasteiger partial charge in [0.25, 0.3) is 0 Å². The van der Waals surface area contributed by atoms with Crippen LogP contribution in [0.1, 0.15) is 25.0 Å². The van der Waals surface area contributed by atoms with Crippen LogP contribution in [0, 0.1) is 5.41 Å². The number of hydrazone groups is 1. The van der Waals surface area contributed by atoms with Gasteiger partial charge in [-0.3, -0.25) is 5.41 Å². The highest BCUT2D eigenvalue weighted by Gasteiger charge is 1.97. The minimum absolute atomic E-state index is 0.153. The summed E-state index contributed by atoms with van der Waals surface area (Å²) in [4.78, 5) is 0. The Bertz CT molecular complexity index is 365. The maximum absolute atomic E-state index is 6.97. The summed E-state index contributed by atoms with van der Waals surface area (Å²) in [6.07, 6.45) is 1.03. The molecule has 4 nitrogen and oxygen atoms in total. The molecule has 80 valence electrons. The fraction of sp³-hybridized carbons (Fsp3) is 0.273. The number of rotatable bonds is 3. The molecule has 1 rings (SSSR count). The summed E-state index contributed by atoms with van der Waals surface area (Å²) in [5, 5.41) is 10.9. The molecular weight excluding hydrogens is 188 g/mol. The van der Waals surface area contributed by atoms with Gasteiger partial charge in [-0.1, -0.05) is 31.2 Å². The summed E-state index contributed by atoms with van der Waals surface area (Å²) >= 11 is 0. The zero-order chi connectivity index (χ0) is 11.3. The molecule has 15 heavy (non-hydrogen) atoms. The lowest BCUT2D eigenvalue weighted by molar-refractivity contribution is 0.991. The molecule has 4 heteroatoms. The number of guanidine groups is 1. The Morgan fingerprint density at radius 3 is 2.47 bits per heavy atom. The monoisotopic (exact) mass is 204 g/mol. The van der Waals surface area contributed by atoms with Gasteiger partial charge < -0.3 is 5.73 Å². The van der Waals surface area contributed by atoms with Gasteiger partial charge in [0.15, 0.2) is 0 Å². The molecule has 0 fully saturated rings. The normalized spacial score (nSPS) is 11.2. The van der Waals surface area contributed by atoms with Crippen molar-refractivity contribution in [2.75, 3.05) is 0 Å².